The maximum Gasteiger partial charge on any atom is 0.253 e. The number of hydrogen-bond acceptors (Lipinski definition) is 4. The Balaban J connectivity index is 1.49. The molecule has 0 bridgehead atoms. The number of morpholine rings is 1. The van der Waals surface area contributed by atoms with Gasteiger partial charge in [-0.15, -0.1) is 0 Å². The molecule has 1 aromatic heterocycles. The molecule has 0 unspecified atom stereocenters. The maximum absolute atomic E-state index is 13.5. The molecule has 1 saturated heterocycles. The molecule has 0 amide bonds. The molecule has 0 saturated carbocycles. The minimum atomic E-state index is -0.277. The summed E-state index contributed by atoms with van der Waals surface area (Å²) in [5.74, 6) is -0.277. The lowest BCUT2D eigenvalue weighted by molar-refractivity contribution is 0.0376. The smallest absolute Gasteiger partial charge is 0.253 e. The zero-order valence-electron chi connectivity index (χ0n) is 20.4. The molecule has 0 spiro atoms. The van der Waals surface area contributed by atoms with Crippen molar-refractivity contribution < 1.29 is 9.13 Å². The number of thiocarbonyl (C=S) groups is 1. The Bertz CT molecular complexity index is 1220. The van der Waals surface area contributed by atoms with E-state index < -0.39 is 0 Å². The highest BCUT2D eigenvalue weighted by atomic mass is 32.1. The summed E-state index contributed by atoms with van der Waals surface area (Å²) < 4.78 is 18.9. The standard InChI is InChI=1S/C27H33FN4O2S/c1-19-4-5-20(2)25-24(19)16-22(26(33)30-25)18-32(17-21-6-8-23(28)9-7-21)27(35)29-10-3-11-31-12-14-34-15-13-31/h4-9,16H,3,10-15,17-18H2,1-2H3,(H,29,35)(H,30,33). The van der Waals surface area contributed by atoms with Gasteiger partial charge in [0, 0.05) is 37.1 Å². The third-order valence-electron chi connectivity index (χ3n) is 6.49. The monoisotopic (exact) mass is 496 g/mol. The summed E-state index contributed by atoms with van der Waals surface area (Å²) in [6, 6.07) is 12.4. The number of nitrogens with zero attached hydrogens (tertiary/aromatic N) is 2. The summed E-state index contributed by atoms with van der Waals surface area (Å²) in [6.07, 6.45) is 0.958. The Labute approximate surface area is 211 Å². The molecule has 1 aliphatic rings. The number of aryl methyl sites for hydroxylation is 2. The fourth-order valence-corrected chi connectivity index (χ4v) is 4.62. The van der Waals surface area contributed by atoms with Crippen molar-refractivity contribution in [2.45, 2.75) is 33.4 Å². The van der Waals surface area contributed by atoms with Crippen molar-refractivity contribution in [2.24, 2.45) is 0 Å². The lowest BCUT2D eigenvalue weighted by Crippen LogP contribution is -2.42. The van der Waals surface area contributed by atoms with Crippen molar-refractivity contribution in [1.29, 1.82) is 0 Å². The Hall–Kier alpha value is -2.81. The molecule has 8 heteroatoms. The number of benzene rings is 2. The van der Waals surface area contributed by atoms with Crippen LogP contribution < -0.4 is 10.9 Å². The fourth-order valence-electron chi connectivity index (χ4n) is 4.39. The molecule has 0 radical (unpaired) electrons. The van der Waals surface area contributed by atoms with Gasteiger partial charge in [0.2, 0.25) is 0 Å². The van der Waals surface area contributed by atoms with Crippen LogP contribution in [-0.2, 0) is 17.8 Å². The number of ether oxygens (including phenoxy) is 1. The second-order valence-corrected chi connectivity index (χ2v) is 9.52. The van der Waals surface area contributed by atoms with Crippen LogP contribution in [-0.4, -0.2) is 59.3 Å². The van der Waals surface area contributed by atoms with Crippen LogP contribution in [0.1, 0.15) is 28.7 Å². The number of fused-ring (bicyclic) bond motifs is 1. The number of halogens is 1. The topological polar surface area (TPSA) is 60.6 Å². The number of pyridine rings is 1. The molecule has 2 heterocycles. The summed E-state index contributed by atoms with van der Waals surface area (Å²) in [5, 5.41) is 4.98. The predicted octanol–water partition coefficient (Wildman–Crippen LogP) is 3.88. The van der Waals surface area contributed by atoms with Crippen LogP contribution in [0.2, 0.25) is 0 Å². The van der Waals surface area contributed by atoms with Gasteiger partial charge in [0.15, 0.2) is 5.11 Å². The lowest BCUT2D eigenvalue weighted by Gasteiger charge is -2.28. The van der Waals surface area contributed by atoms with Crippen LogP contribution in [0.4, 0.5) is 4.39 Å². The van der Waals surface area contributed by atoms with E-state index in [2.05, 4.69) is 21.3 Å². The molecule has 1 aliphatic heterocycles. The van der Waals surface area contributed by atoms with E-state index in [1.165, 1.54) is 12.1 Å². The first kappa shape index (κ1) is 25.3. The van der Waals surface area contributed by atoms with E-state index in [-0.39, 0.29) is 11.4 Å². The van der Waals surface area contributed by atoms with Crippen LogP contribution in [0.3, 0.4) is 0 Å². The first-order chi connectivity index (χ1) is 16.9. The molecule has 1 fully saturated rings. The van der Waals surface area contributed by atoms with Crippen LogP contribution in [0.25, 0.3) is 10.9 Å². The van der Waals surface area contributed by atoms with Gasteiger partial charge < -0.3 is 19.9 Å². The summed E-state index contributed by atoms with van der Waals surface area (Å²) in [5.41, 5.74) is 4.46. The number of aromatic nitrogens is 1. The zero-order valence-corrected chi connectivity index (χ0v) is 21.2. The highest BCUT2D eigenvalue weighted by molar-refractivity contribution is 7.80. The normalized spacial score (nSPS) is 14.3. The molecule has 0 aliphatic carbocycles. The number of rotatable bonds is 8. The molecule has 35 heavy (non-hydrogen) atoms. The number of H-pyrrole nitrogens is 1. The minimum absolute atomic E-state index is 0.120. The highest BCUT2D eigenvalue weighted by Gasteiger charge is 2.16. The predicted molar refractivity (Wildman–Crippen MR) is 142 cm³/mol. The van der Waals surface area contributed by atoms with E-state index in [0.717, 1.165) is 73.4 Å². The van der Waals surface area contributed by atoms with E-state index in [1.54, 1.807) is 12.1 Å². The summed E-state index contributed by atoms with van der Waals surface area (Å²) in [7, 11) is 0. The number of nitrogens with one attached hydrogen (secondary N) is 2. The van der Waals surface area contributed by atoms with Crippen LogP contribution in [0, 0.1) is 19.7 Å². The summed E-state index contributed by atoms with van der Waals surface area (Å²) >= 11 is 5.75. The molecule has 0 atom stereocenters. The highest BCUT2D eigenvalue weighted by Crippen LogP contribution is 2.20. The van der Waals surface area contributed by atoms with E-state index in [1.807, 2.05) is 30.9 Å². The van der Waals surface area contributed by atoms with Gasteiger partial charge in [-0.25, -0.2) is 4.39 Å². The fraction of sp³-hybridized carbons (Fsp3) is 0.407. The molecule has 186 valence electrons. The summed E-state index contributed by atoms with van der Waals surface area (Å²) in [4.78, 5) is 20.4. The van der Waals surface area contributed by atoms with E-state index in [0.29, 0.717) is 23.8 Å². The maximum atomic E-state index is 13.5. The second kappa shape index (κ2) is 11.7. The second-order valence-electron chi connectivity index (χ2n) is 9.13. The largest absolute Gasteiger partial charge is 0.379 e. The Morgan fingerprint density at radius 1 is 1.11 bits per heavy atom. The van der Waals surface area contributed by atoms with Crippen LogP contribution >= 0.6 is 12.2 Å². The van der Waals surface area contributed by atoms with Gasteiger partial charge in [-0.1, -0.05) is 24.3 Å². The quantitative estimate of drug-likeness (QED) is 0.365. The van der Waals surface area contributed by atoms with Gasteiger partial charge in [0.05, 0.1) is 25.3 Å². The average Bonchev–Trinajstić information content (AvgIpc) is 2.86. The minimum Gasteiger partial charge on any atom is -0.379 e. The third-order valence-corrected chi connectivity index (χ3v) is 6.89. The van der Waals surface area contributed by atoms with Crippen molar-refractivity contribution >= 4 is 28.2 Å². The lowest BCUT2D eigenvalue weighted by atomic mass is 10.0. The van der Waals surface area contributed by atoms with Gasteiger partial charge in [-0.2, -0.15) is 0 Å². The first-order valence-electron chi connectivity index (χ1n) is 12.1. The molecule has 4 rings (SSSR count). The van der Waals surface area contributed by atoms with Crippen molar-refractivity contribution in [1.82, 2.24) is 20.1 Å². The average molecular weight is 497 g/mol. The Kier molecular flexibility index (Phi) is 8.49. The molecule has 2 aromatic carbocycles. The van der Waals surface area contributed by atoms with Crippen molar-refractivity contribution in [3.8, 4) is 0 Å². The first-order valence-corrected chi connectivity index (χ1v) is 12.5. The summed E-state index contributed by atoms with van der Waals surface area (Å²) in [6.45, 7) is 10.1. The van der Waals surface area contributed by atoms with Gasteiger partial charge in [-0.3, -0.25) is 9.69 Å². The molecular formula is C27H33FN4O2S. The van der Waals surface area contributed by atoms with E-state index >= 15 is 0 Å². The van der Waals surface area contributed by atoms with Crippen LogP contribution in [0.5, 0.6) is 0 Å². The third kappa shape index (κ3) is 6.66. The van der Waals surface area contributed by atoms with Gasteiger partial charge >= 0.3 is 0 Å². The number of aromatic amines is 1. The van der Waals surface area contributed by atoms with E-state index in [4.69, 9.17) is 17.0 Å². The molecule has 6 nitrogen and oxygen atoms in total. The van der Waals surface area contributed by atoms with Crippen molar-refractivity contribution in [3.05, 3.63) is 80.9 Å². The van der Waals surface area contributed by atoms with Crippen molar-refractivity contribution in [2.75, 3.05) is 39.4 Å². The zero-order chi connectivity index (χ0) is 24.8. The molecule has 2 N–H and O–H groups in total. The Morgan fingerprint density at radius 2 is 1.83 bits per heavy atom. The molecule has 3 aromatic rings. The Morgan fingerprint density at radius 3 is 2.57 bits per heavy atom. The SMILES string of the molecule is Cc1ccc(C)c2[nH]c(=O)c(CN(Cc3ccc(F)cc3)C(=S)NCCCN3CCOCC3)cc12. The van der Waals surface area contributed by atoms with Gasteiger partial charge in [0.1, 0.15) is 5.82 Å². The van der Waals surface area contributed by atoms with Crippen LogP contribution in [0.15, 0.2) is 47.3 Å². The van der Waals surface area contributed by atoms with Crippen molar-refractivity contribution in [3.63, 3.8) is 0 Å². The number of hydrogen-bond donors (Lipinski definition) is 2. The van der Waals surface area contributed by atoms with Gasteiger partial charge in [-0.05, 0) is 73.9 Å². The van der Waals surface area contributed by atoms with E-state index in [9.17, 15) is 9.18 Å². The van der Waals surface area contributed by atoms with Gasteiger partial charge in [0.25, 0.3) is 5.56 Å². The molecular weight excluding hydrogens is 463 g/mol.